The molecule has 0 aliphatic heterocycles. The molecular formula is C26H24N6O. The number of amidine groups is 1. The van der Waals surface area contributed by atoms with Crippen LogP contribution in [-0.2, 0) is 0 Å². The highest BCUT2D eigenvalue weighted by atomic mass is 16.1. The van der Waals surface area contributed by atoms with Crippen LogP contribution >= 0.6 is 0 Å². The summed E-state index contributed by atoms with van der Waals surface area (Å²) in [5.74, 6) is 0.349. The second-order valence-corrected chi connectivity index (χ2v) is 7.43. The number of hydrogen-bond donors (Lipinski definition) is 2. The van der Waals surface area contributed by atoms with E-state index in [4.69, 9.17) is 10.7 Å². The van der Waals surface area contributed by atoms with Crippen LogP contribution in [0.5, 0.6) is 0 Å². The molecule has 1 amide bonds. The second kappa shape index (κ2) is 9.74. The average molecular weight is 437 g/mol. The van der Waals surface area contributed by atoms with Gasteiger partial charge in [0.1, 0.15) is 5.84 Å². The number of anilines is 2. The zero-order chi connectivity index (χ0) is 23.2. The minimum atomic E-state index is -0.416. The van der Waals surface area contributed by atoms with E-state index >= 15 is 0 Å². The third-order valence-corrected chi connectivity index (χ3v) is 4.89. The number of amides is 1. The molecule has 2 aromatic carbocycles. The number of aryl methyl sites for hydroxylation is 1. The number of nitrogens with two attached hydrogens (primary N) is 1. The quantitative estimate of drug-likeness (QED) is 0.250. The number of rotatable bonds is 6. The summed E-state index contributed by atoms with van der Waals surface area (Å²) in [6, 6.07) is 15.2. The van der Waals surface area contributed by atoms with Gasteiger partial charge in [-0.15, -0.1) is 0 Å². The molecule has 33 heavy (non-hydrogen) atoms. The van der Waals surface area contributed by atoms with E-state index in [9.17, 15) is 4.79 Å². The van der Waals surface area contributed by atoms with Gasteiger partial charge < -0.3 is 15.5 Å². The SMILES string of the molecule is C/C=C\C=C/C(N)=NC(=O)c1cccc(-c2cn3ccnc3c(Nc3ccc(C)cc3)n2)c1. The van der Waals surface area contributed by atoms with Crippen molar-refractivity contribution in [2.24, 2.45) is 10.7 Å². The predicted molar refractivity (Wildman–Crippen MR) is 133 cm³/mol. The molecule has 164 valence electrons. The fourth-order valence-corrected chi connectivity index (χ4v) is 3.22. The van der Waals surface area contributed by atoms with Gasteiger partial charge in [-0.3, -0.25) is 4.79 Å². The van der Waals surface area contributed by atoms with E-state index in [1.54, 1.807) is 36.5 Å². The van der Waals surface area contributed by atoms with Crippen molar-refractivity contribution in [1.82, 2.24) is 14.4 Å². The molecule has 0 saturated carbocycles. The first-order valence-corrected chi connectivity index (χ1v) is 10.5. The first-order chi connectivity index (χ1) is 16.0. The van der Waals surface area contributed by atoms with Gasteiger partial charge in [-0.05, 0) is 44.2 Å². The van der Waals surface area contributed by atoms with Crippen molar-refractivity contribution in [3.05, 3.63) is 103 Å². The lowest BCUT2D eigenvalue weighted by atomic mass is 10.1. The zero-order valence-corrected chi connectivity index (χ0v) is 18.4. The van der Waals surface area contributed by atoms with Crippen LogP contribution in [0.3, 0.4) is 0 Å². The number of hydrogen-bond acceptors (Lipinski definition) is 4. The monoisotopic (exact) mass is 436 g/mol. The molecule has 0 fully saturated rings. The van der Waals surface area contributed by atoms with E-state index in [0.29, 0.717) is 22.7 Å². The summed E-state index contributed by atoms with van der Waals surface area (Å²) >= 11 is 0. The maximum atomic E-state index is 12.6. The number of carbonyl (C=O) groups excluding carboxylic acids is 1. The van der Waals surface area contributed by atoms with Gasteiger partial charge in [0.2, 0.25) is 0 Å². The van der Waals surface area contributed by atoms with Crippen LogP contribution in [0, 0.1) is 6.92 Å². The normalized spacial score (nSPS) is 12.1. The lowest BCUT2D eigenvalue weighted by Gasteiger charge is -2.11. The summed E-state index contributed by atoms with van der Waals surface area (Å²) in [6.07, 6.45) is 12.4. The number of aromatic nitrogens is 3. The predicted octanol–water partition coefficient (Wildman–Crippen LogP) is 5.08. The van der Waals surface area contributed by atoms with Crippen molar-refractivity contribution in [1.29, 1.82) is 0 Å². The largest absolute Gasteiger partial charge is 0.384 e. The van der Waals surface area contributed by atoms with E-state index in [1.165, 1.54) is 5.56 Å². The van der Waals surface area contributed by atoms with Crippen molar-refractivity contribution in [2.45, 2.75) is 13.8 Å². The number of nitrogens with one attached hydrogen (secondary N) is 1. The summed E-state index contributed by atoms with van der Waals surface area (Å²) in [4.78, 5) is 25.8. The van der Waals surface area contributed by atoms with Crippen LogP contribution in [0.25, 0.3) is 16.9 Å². The number of imidazole rings is 1. The molecule has 0 aliphatic carbocycles. The van der Waals surface area contributed by atoms with E-state index in [0.717, 1.165) is 11.3 Å². The Balaban J connectivity index is 1.67. The van der Waals surface area contributed by atoms with Gasteiger partial charge in [0.15, 0.2) is 11.5 Å². The van der Waals surface area contributed by atoms with Crippen LogP contribution in [0.1, 0.15) is 22.8 Å². The number of benzene rings is 2. The van der Waals surface area contributed by atoms with Gasteiger partial charge in [0.05, 0.1) is 5.69 Å². The highest BCUT2D eigenvalue weighted by Crippen LogP contribution is 2.25. The Kier molecular flexibility index (Phi) is 6.40. The second-order valence-electron chi connectivity index (χ2n) is 7.43. The molecule has 0 bridgehead atoms. The van der Waals surface area contributed by atoms with Gasteiger partial charge in [-0.2, -0.15) is 4.99 Å². The molecule has 3 N–H and O–H groups in total. The van der Waals surface area contributed by atoms with Crippen molar-refractivity contribution >= 4 is 28.9 Å². The van der Waals surface area contributed by atoms with Crippen LogP contribution in [0.4, 0.5) is 11.5 Å². The molecule has 0 saturated heterocycles. The minimum Gasteiger partial charge on any atom is -0.384 e. The van der Waals surface area contributed by atoms with Crippen molar-refractivity contribution < 1.29 is 4.79 Å². The van der Waals surface area contributed by atoms with Crippen molar-refractivity contribution in [3.63, 3.8) is 0 Å². The molecule has 0 spiro atoms. The number of allylic oxidation sites excluding steroid dienone is 3. The molecular weight excluding hydrogens is 412 g/mol. The van der Waals surface area contributed by atoms with Gasteiger partial charge in [0, 0.05) is 35.4 Å². The third kappa shape index (κ3) is 5.22. The molecule has 7 nitrogen and oxygen atoms in total. The van der Waals surface area contributed by atoms with Crippen molar-refractivity contribution in [2.75, 3.05) is 5.32 Å². The maximum absolute atomic E-state index is 12.6. The highest BCUT2D eigenvalue weighted by molar-refractivity contribution is 6.06. The first kappa shape index (κ1) is 21.7. The molecule has 0 radical (unpaired) electrons. The lowest BCUT2D eigenvalue weighted by molar-refractivity contribution is 0.100. The van der Waals surface area contributed by atoms with E-state index in [1.807, 2.05) is 73.1 Å². The summed E-state index contributed by atoms with van der Waals surface area (Å²) < 4.78 is 1.90. The average Bonchev–Trinajstić information content (AvgIpc) is 3.30. The summed E-state index contributed by atoms with van der Waals surface area (Å²) in [5, 5.41) is 3.35. The number of aliphatic imine (C=N–C) groups is 1. The van der Waals surface area contributed by atoms with Gasteiger partial charge in [-0.1, -0.05) is 48.1 Å². The number of nitrogens with zero attached hydrogens (tertiary/aromatic N) is 4. The maximum Gasteiger partial charge on any atom is 0.278 e. The molecule has 2 aromatic heterocycles. The number of fused-ring (bicyclic) bond motifs is 1. The zero-order valence-electron chi connectivity index (χ0n) is 18.4. The molecule has 7 heteroatoms. The Morgan fingerprint density at radius 3 is 2.76 bits per heavy atom. The van der Waals surface area contributed by atoms with Gasteiger partial charge >= 0.3 is 0 Å². The summed E-state index contributed by atoms with van der Waals surface area (Å²) in [6.45, 7) is 3.94. The van der Waals surface area contributed by atoms with Crippen LogP contribution in [0.15, 0.2) is 96.4 Å². The molecule has 0 aliphatic rings. The van der Waals surface area contributed by atoms with E-state index in [2.05, 4.69) is 15.3 Å². The van der Waals surface area contributed by atoms with E-state index < -0.39 is 5.91 Å². The van der Waals surface area contributed by atoms with Crippen molar-refractivity contribution in [3.8, 4) is 11.3 Å². The van der Waals surface area contributed by atoms with Crippen LogP contribution in [-0.4, -0.2) is 26.1 Å². The standard InChI is InChI=1S/C26H24N6O/c1-3-4-5-9-23(27)31-26(33)20-8-6-7-19(16-20)22-17-32-15-14-28-25(32)24(30-22)29-21-12-10-18(2)11-13-21/h3-17H,1-2H3,(H,29,30)(H2,27,31,33)/b4-3-,9-5-. The third-order valence-electron chi connectivity index (χ3n) is 4.89. The summed E-state index contributed by atoms with van der Waals surface area (Å²) in [7, 11) is 0. The fraction of sp³-hybridized carbons (Fsp3) is 0.0769. The molecule has 4 aromatic rings. The molecule has 2 heterocycles. The van der Waals surface area contributed by atoms with Crippen LogP contribution in [0.2, 0.25) is 0 Å². The first-order valence-electron chi connectivity index (χ1n) is 10.5. The Morgan fingerprint density at radius 2 is 1.97 bits per heavy atom. The Morgan fingerprint density at radius 1 is 1.15 bits per heavy atom. The Bertz CT molecular complexity index is 1380. The molecule has 4 rings (SSSR count). The smallest absolute Gasteiger partial charge is 0.278 e. The topological polar surface area (TPSA) is 97.7 Å². The molecule has 0 atom stereocenters. The molecule has 0 unspecified atom stereocenters. The Labute approximate surface area is 192 Å². The van der Waals surface area contributed by atoms with Gasteiger partial charge in [0.25, 0.3) is 5.91 Å². The van der Waals surface area contributed by atoms with Crippen LogP contribution < -0.4 is 11.1 Å². The summed E-state index contributed by atoms with van der Waals surface area (Å²) in [5.41, 5.74) is 10.5. The lowest BCUT2D eigenvalue weighted by Crippen LogP contribution is -2.11. The highest BCUT2D eigenvalue weighted by Gasteiger charge is 2.12. The Hall–Kier alpha value is -4.52. The minimum absolute atomic E-state index is 0.144. The number of carbonyl (C=O) groups is 1. The van der Waals surface area contributed by atoms with E-state index in [-0.39, 0.29) is 5.84 Å². The van der Waals surface area contributed by atoms with Gasteiger partial charge in [-0.25, -0.2) is 9.97 Å². The fourth-order valence-electron chi connectivity index (χ4n) is 3.22.